The van der Waals surface area contributed by atoms with Crippen molar-refractivity contribution in [1.29, 1.82) is 0 Å². The zero-order chi connectivity index (χ0) is 13.2. The van der Waals surface area contributed by atoms with Crippen molar-refractivity contribution in [1.82, 2.24) is 19.9 Å². The van der Waals surface area contributed by atoms with Crippen LogP contribution < -0.4 is 4.74 Å². The van der Waals surface area contributed by atoms with E-state index < -0.39 is 0 Å². The Hall–Kier alpha value is -2.43. The molecule has 5 nitrogen and oxygen atoms in total. The van der Waals surface area contributed by atoms with Crippen molar-refractivity contribution in [3.05, 3.63) is 36.0 Å². The van der Waals surface area contributed by atoms with E-state index in [4.69, 9.17) is 4.74 Å². The second-order valence-electron chi connectivity index (χ2n) is 4.20. The summed E-state index contributed by atoms with van der Waals surface area (Å²) in [5.74, 6) is 1.31. The van der Waals surface area contributed by atoms with Crippen molar-refractivity contribution >= 4 is 11.2 Å². The van der Waals surface area contributed by atoms with Crippen LogP contribution >= 0.6 is 0 Å². The number of fused-ring (bicyclic) bond motifs is 1. The van der Waals surface area contributed by atoms with Gasteiger partial charge in [-0.2, -0.15) is 4.98 Å². The molecule has 0 amide bonds. The van der Waals surface area contributed by atoms with E-state index in [0.717, 1.165) is 22.7 Å². The van der Waals surface area contributed by atoms with E-state index in [2.05, 4.69) is 19.9 Å². The minimum atomic E-state index is 0.588. The van der Waals surface area contributed by atoms with Gasteiger partial charge < -0.3 is 9.72 Å². The molecule has 1 N–H and O–H groups in total. The predicted molar refractivity (Wildman–Crippen MR) is 73.0 cm³/mol. The smallest absolute Gasteiger partial charge is 0.215 e. The third kappa shape index (κ3) is 2.27. The number of aryl methyl sites for hydroxylation is 1. The number of hydrogen-bond acceptors (Lipinski definition) is 4. The van der Waals surface area contributed by atoms with Gasteiger partial charge in [-0.05, 0) is 32.0 Å². The fourth-order valence-corrected chi connectivity index (χ4v) is 1.90. The van der Waals surface area contributed by atoms with Crippen LogP contribution in [0.4, 0.5) is 0 Å². The molecule has 0 saturated heterocycles. The second-order valence-corrected chi connectivity index (χ2v) is 4.20. The summed E-state index contributed by atoms with van der Waals surface area (Å²) >= 11 is 0. The molecule has 3 aromatic rings. The van der Waals surface area contributed by atoms with Crippen LogP contribution in [0.5, 0.6) is 5.88 Å². The first-order chi connectivity index (χ1) is 9.26. The molecule has 0 spiro atoms. The van der Waals surface area contributed by atoms with Crippen LogP contribution in [0, 0.1) is 6.92 Å². The average molecular weight is 254 g/mol. The highest BCUT2D eigenvalue weighted by Gasteiger charge is 2.08. The minimum absolute atomic E-state index is 0.588. The van der Waals surface area contributed by atoms with Gasteiger partial charge in [-0.1, -0.05) is 6.07 Å². The van der Waals surface area contributed by atoms with E-state index in [1.807, 2.05) is 44.2 Å². The van der Waals surface area contributed by atoms with Crippen LogP contribution in [-0.4, -0.2) is 26.5 Å². The number of pyridine rings is 2. The number of ether oxygens (including phenoxy) is 1. The average Bonchev–Trinajstić information content (AvgIpc) is 2.82. The maximum atomic E-state index is 5.37. The van der Waals surface area contributed by atoms with Gasteiger partial charge >= 0.3 is 0 Å². The number of rotatable bonds is 3. The first kappa shape index (κ1) is 11.6. The summed E-state index contributed by atoms with van der Waals surface area (Å²) in [5, 5.41) is 0. The van der Waals surface area contributed by atoms with Gasteiger partial charge in [0.15, 0.2) is 11.5 Å². The standard InChI is InChI=1S/C14H14N4O/c1-3-19-12-8-7-11-14(17-12)18-13(16-11)10-6-4-5-9(2)15-10/h4-8H,3H2,1-2H3,(H,16,17,18). The Morgan fingerprint density at radius 2 is 2.00 bits per heavy atom. The summed E-state index contributed by atoms with van der Waals surface area (Å²) in [6, 6.07) is 9.59. The van der Waals surface area contributed by atoms with E-state index in [1.165, 1.54) is 0 Å². The summed E-state index contributed by atoms with van der Waals surface area (Å²) in [4.78, 5) is 16.5. The van der Waals surface area contributed by atoms with Crippen molar-refractivity contribution in [2.24, 2.45) is 0 Å². The monoisotopic (exact) mass is 254 g/mol. The Labute approximate surface area is 110 Å². The molecule has 0 saturated carbocycles. The maximum absolute atomic E-state index is 5.37. The highest BCUT2D eigenvalue weighted by Crippen LogP contribution is 2.20. The van der Waals surface area contributed by atoms with Gasteiger partial charge in [-0.3, -0.25) is 0 Å². The van der Waals surface area contributed by atoms with Gasteiger partial charge in [0.1, 0.15) is 5.69 Å². The minimum Gasteiger partial charge on any atom is -0.478 e. The Bertz CT molecular complexity index is 720. The third-order valence-corrected chi connectivity index (χ3v) is 2.74. The van der Waals surface area contributed by atoms with Crippen LogP contribution in [0.25, 0.3) is 22.7 Å². The predicted octanol–water partition coefficient (Wildman–Crippen LogP) is 2.73. The number of imidazole rings is 1. The zero-order valence-corrected chi connectivity index (χ0v) is 10.8. The first-order valence-corrected chi connectivity index (χ1v) is 6.20. The second kappa shape index (κ2) is 4.68. The quantitative estimate of drug-likeness (QED) is 0.780. The van der Waals surface area contributed by atoms with Gasteiger partial charge in [0.25, 0.3) is 0 Å². The largest absolute Gasteiger partial charge is 0.478 e. The van der Waals surface area contributed by atoms with Gasteiger partial charge in [-0.25, -0.2) is 9.97 Å². The maximum Gasteiger partial charge on any atom is 0.215 e. The van der Waals surface area contributed by atoms with Gasteiger partial charge in [0.2, 0.25) is 5.88 Å². The Kier molecular flexibility index (Phi) is 2.87. The molecule has 0 unspecified atom stereocenters. The Balaban J connectivity index is 2.06. The van der Waals surface area contributed by atoms with Crippen LogP contribution in [0.15, 0.2) is 30.3 Å². The van der Waals surface area contributed by atoms with Crippen molar-refractivity contribution in [2.45, 2.75) is 13.8 Å². The van der Waals surface area contributed by atoms with Crippen LogP contribution in [0.1, 0.15) is 12.6 Å². The Morgan fingerprint density at radius 1 is 1.11 bits per heavy atom. The van der Waals surface area contributed by atoms with Gasteiger partial charge in [-0.15, -0.1) is 0 Å². The topological polar surface area (TPSA) is 63.7 Å². The highest BCUT2D eigenvalue weighted by molar-refractivity contribution is 5.75. The molecule has 0 aromatic carbocycles. The molecule has 3 aromatic heterocycles. The third-order valence-electron chi connectivity index (χ3n) is 2.74. The van der Waals surface area contributed by atoms with E-state index in [-0.39, 0.29) is 0 Å². The van der Waals surface area contributed by atoms with Crippen LogP contribution in [0.3, 0.4) is 0 Å². The number of nitrogens with zero attached hydrogens (tertiary/aromatic N) is 3. The number of nitrogens with one attached hydrogen (secondary N) is 1. The van der Waals surface area contributed by atoms with E-state index in [1.54, 1.807) is 0 Å². The summed E-state index contributed by atoms with van der Waals surface area (Å²) in [7, 11) is 0. The molecule has 3 heterocycles. The molecule has 0 fully saturated rings. The molecular formula is C14H14N4O. The molecule has 0 aliphatic carbocycles. The number of aromatic nitrogens is 4. The summed E-state index contributed by atoms with van der Waals surface area (Å²) in [5.41, 5.74) is 3.29. The van der Waals surface area contributed by atoms with E-state index in [9.17, 15) is 0 Å². The van der Waals surface area contributed by atoms with E-state index >= 15 is 0 Å². The van der Waals surface area contributed by atoms with Crippen LogP contribution in [0.2, 0.25) is 0 Å². The summed E-state index contributed by atoms with van der Waals surface area (Å²) < 4.78 is 5.37. The molecule has 96 valence electrons. The fraction of sp³-hybridized carbons (Fsp3) is 0.214. The normalized spacial score (nSPS) is 10.8. The zero-order valence-electron chi connectivity index (χ0n) is 10.8. The lowest BCUT2D eigenvalue weighted by atomic mass is 10.3. The lowest BCUT2D eigenvalue weighted by Gasteiger charge is -1.99. The van der Waals surface area contributed by atoms with Crippen molar-refractivity contribution in [2.75, 3.05) is 6.61 Å². The number of H-pyrrole nitrogens is 1. The lowest BCUT2D eigenvalue weighted by Crippen LogP contribution is -1.93. The van der Waals surface area contributed by atoms with Gasteiger partial charge in [0.05, 0.1) is 12.1 Å². The molecule has 5 heteroatoms. The molecular weight excluding hydrogens is 240 g/mol. The Morgan fingerprint density at radius 3 is 2.79 bits per heavy atom. The molecule has 0 bridgehead atoms. The van der Waals surface area contributed by atoms with Crippen LogP contribution in [-0.2, 0) is 0 Å². The van der Waals surface area contributed by atoms with E-state index in [0.29, 0.717) is 18.1 Å². The van der Waals surface area contributed by atoms with Crippen molar-refractivity contribution < 1.29 is 4.74 Å². The molecule has 0 radical (unpaired) electrons. The van der Waals surface area contributed by atoms with Crippen molar-refractivity contribution in [3.8, 4) is 17.4 Å². The molecule has 0 aliphatic heterocycles. The van der Waals surface area contributed by atoms with Crippen molar-refractivity contribution in [3.63, 3.8) is 0 Å². The lowest BCUT2D eigenvalue weighted by molar-refractivity contribution is 0.328. The summed E-state index contributed by atoms with van der Waals surface area (Å²) in [6.07, 6.45) is 0. The SMILES string of the molecule is CCOc1ccc2[nH]c(-c3cccc(C)n3)nc2n1. The molecule has 0 aliphatic rings. The molecule has 0 atom stereocenters. The summed E-state index contributed by atoms with van der Waals surface area (Å²) in [6.45, 7) is 4.48. The highest BCUT2D eigenvalue weighted by atomic mass is 16.5. The molecule has 19 heavy (non-hydrogen) atoms. The first-order valence-electron chi connectivity index (χ1n) is 6.20. The fourth-order valence-electron chi connectivity index (χ4n) is 1.90. The van der Waals surface area contributed by atoms with Gasteiger partial charge in [0, 0.05) is 11.8 Å². The molecule has 3 rings (SSSR count). The number of hydrogen-bond donors (Lipinski definition) is 1. The number of aromatic amines is 1.